The van der Waals surface area contributed by atoms with Crippen LogP contribution in [0.5, 0.6) is 5.88 Å². The number of nitrogens with two attached hydrogens (primary N) is 1. The number of ether oxygens (including phenoxy) is 1. The van der Waals surface area contributed by atoms with Crippen LogP contribution in [-0.2, 0) is 4.79 Å². The van der Waals surface area contributed by atoms with Crippen LogP contribution in [0.3, 0.4) is 0 Å². The Labute approximate surface area is 251 Å². The average Bonchev–Trinajstić information content (AvgIpc) is 3.33. The van der Waals surface area contributed by atoms with E-state index in [1.54, 1.807) is 26.0 Å². The number of rotatable bonds is 6. The predicted molar refractivity (Wildman–Crippen MR) is 155 cm³/mol. The molecule has 13 heteroatoms. The summed E-state index contributed by atoms with van der Waals surface area (Å²) in [6, 6.07) is 8.34. The summed E-state index contributed by atoms with van der Waals surface area (Å²) in [5.74, 6) is -1.08. The van der Waals surface area contributed by atoms with Gasteiger partial charge in [0.15, 0.2) is 0 Å². The van der Waals surface area contributed by atoms with Gasteiger partial charge in [0.1, 0.15) is 11.9 Å². The highest BCUT2D eigenvalue weighted by Crippen LogP contribution is 2.44. The molecule has 0 radical (unpaired) electrons. The maximum atomic E-state index is 14.6. The lowest BCUT2D eigenvalue weighted by molar-refractivity contribution is -0.198. The van der Waals surface area contributed by atoms with Crippen LogP contribution < -0.4 is 20.7 Å². The van der Waals surface area contributed by atoms with Crippen molar-refractivity contribution in [3.05, 3.63) is 63.1 Å². The molecule has 2 aliphatic heterocycles. The van der Waals surface area contributed by atoms with Gasteiger partial charge < -0.3 is 25.8 Å². The first-order chi connectivity index (χ1) is 19.7. The molecule has 3 aromatic rings. The molecule has 3 heterocycles. The number of nitrogens with one attached hydrogen (secondary N) is 1. The van der Waals surface area contributed by atoms with Crippen LogP contribution in [0.15, 0.2) is 36.4 Å². The molecule has 2 aromatic carbocycles. The van der Waals surface area contributed by atoms with Gasteiger partial charge in [-0.05, 0) is 85.0 Å². The van der Waals surface area contributed by atoms with Gasteiger partial charge in [-0.1, -0.05) is 29.3 Å². The second-order valence-electron chi connectivity index (χ2n) is 11.1. The molecule has 1 aromatic heterocycles. The van der Waals surface area contributed by atoms with E-state index in [9.17, 15) is 23.1 Å². The number of nitrogen functional groups attached to an aromatic ring is 1. The fourth-order valence-corrected chi connectivity index (χ4v) is 6.15. The van der Waals surface area contributed by atoms with E-state index in [1.165, 1.54) is 24.3 Å². The summed E-state index contributed by atoms with van der Waals surface area (Å²) in [5.41, 5.74) is 7.83. The molecule has 0 aliphatic carbocycles. The molecule has 0 saturated carbocycles. The average molecular weight is 624 g/mol. The van der Waals surface area contributed by atoms with E-state index in [4.69, 9.17) is 33.7 Å². The zero-order valence-corrected chi connectivity index (χ0v) is 24.4. The first kappa shape index (κ1) is 30.2. The van der Waals surface area contributed by atoms with Crippen LogP contribution in [0.1, 0.15) is 42.1 Å². The third kappa shape index (κ3) is 6.23. The highest BCUT2D eigenvalue weighted by Gasteiger charge is 2.46. The number of benzene rings is 2. The van der Waals surface area contributed by atoms with Gasteiger partial charge in [-0.25, -0.2) is 0 Å². The second-order valence-corrected chi connectivity index (χ2v) is 11.9. The molecule has 2 aliphatic rings. The van der Waals surface area contributed by atoms with Crippen molar-refractivity contribution in [2.45, 2.75) is 51.4 Å². The Morgan fingerprint density at radius 1 is 1.14 bits per heavy atom. The molecule has 42 heavy (non-hydrogen) atoms. The van der Waals surface area contributed by atoms with E-state index in [0.29, 0.717) is 66.4 Å². The molecule has 2 unspecified atom stereocenters. The van der Waals surface area contributed by atoms with Crippen LogP contribution >= 0.6 is 23.2 Å². The summed E-state index contributed by atoms with van der Waals surface area (Å²) in [6.07, 6.45) is -5.27. The largest absolute Gasteiger partial charge is 0.480 e. The van der Waals surface area contributed by atoms with Crippen molar-refractivity contribution in [1.82, 2.24) is 15.3 Å². The first-order valence-electron chi connectivity index (χ1n) is 13.4. The topological polar surface area (TPSA) is 114 Å². The standard InChI is InChI=1S/C29H30Cl2F3N5O3/c1-15-9-17(10-16(2)24(15)31)20-11-18(30)3-4-19(20)25(29(32,33)34)42-23-12-22(37-27(35)38-23)39-7-5-28(6-8-39)13-21(26(40)41)36-14-28/h3-4,9-12,21,25,36H,5-8,13-14H2,1-2H3,(H,40,41)(H2,35,37,38). The Morgan fingerprint density at radius 2 is 1.81 bits per heavy atom. The molecule has 2 atom stereocenters. The SMILES string of the molecule is Cc1cc(-c2cc(Cl)ccc2C(Oc2cc(N3CCC4(CC3)CNC(C(=O)O)C4)nc(N)n2)C(F)(F)F)cc(C)c1Cl. The molecule has 0 bridgehead atoms. The van der Waals surface area contributed by atoms with E-state index >= 15 is 0 Å². The monoisotopic (exact) mass is 623 g/mol. The second kappa shape index (κ2) is 11.4. The minimum absolute atomic E-state index is 0.145. The van der Waals surface area contributed by atoms with E-state index in [0.717, 1.165) is 0 Å². The third-order valence-corrected chi connectivity index (χ3v) is 8.93. The number of carbonyl (C=O) groups is 1. The number of anilines is 2. The highest BCUT2D eigenvalue weighted by atomic mass is 35.5. The lowest BCUT2D eigenvalue weighted by Gasteiger charge is -2.39. The number of piperidine rings is 1. The highest BCUT2D eigenvalue weighted by molar-refractivity contribution is 6.32. The number of hydrogen-bond donors (Lipinski definition) is 3. The Balaban J connectivity index is 1.44. The number of carboxylic acids is 1. The van der Waals surface area contributed by atoms with Gasteiger partial charge >= 0.3 is 12.1 Å². The fraction of sp³-hybridized carbons (Fsp3) is 0.414. The van der Waals surface area contributed by atoms with Gasteiger partial charge in [-0.3, -0.25) is 4.79 Å². The number of nitrogens with zero attached hydrogens (tertiary/aromatic N) is 3. The molecule has 1 spiro atoms. The molecule has 8 nitrogen and oxygen atoms in total. The summed E-state index contributed by atoms with van der Waals surface area (Å²) in [6.45, 7) is 5.22. The number of aromatic nitrogens is 2. The number of aryl methyl sites for hydroxylation is 2. The van der Waals surface area contributed by atoms with Crippen LogP contribution in [0, 0.1) is 19.3 Å². The van der Waals surface area contributed by atoms with Gasteiger partial charge in [0.2, 0.25) is 17.9 Å². The lowest BCUT2D eigenvalue weighted by Crippen LogP contribution is -2.41. The summed E-state index contributed by atoms with van der Waals surface area (Å²) < 4.78 is 49.4. The Kier molecular flexibility index (Phi) is 8.21. The quantitative estimate of drug-likeness (QED) is 0.290. The van der Waals surface area contributed by atoms with Crippen LogP contribution in [0.2, 0.25) is 10.0 Å². The van der Waals surface area contributed by atoms with Gasteiger partial charge in [0.25, 0.3) is 0 Å². The number of carboxylic acid groups (broad SMARTS) is 1. The van der Waals surface area contributed by atoms with Gasteiger partial charge in [0, 0.05) is 41.3 Å². The number of aliphatic carboxylic acids is 1. The fourth-order valence-electron chi connectivity index (χ4n) is 5.87. The third-order valence-electron chi connectivity index (χ3n) is 8.09. The summed E-state index contributed by atoms with van der Waals surface area (Å²) >= 11 is 12.5. The van der Waals surface area contributed by atoms with Crippen LogP contribution in [-0.4, -0.2) is 52.9 Å². The zero-order chi connectivity index (χ0) is 30.4. The van der Waals surface area contributed by atoms with Crippen LogP contribution in [0.25, 0.3) is 11.1 Å². The van der Waals surface area contributed by atoms with E-state index in [1.807, 2.05) is 4.90 Å². The maximum Gasteiger partial charge on any atom is 0.429 e. The van der Waals surface area contributed by atoms with E-state index < -0.39 is 24.3 Å². The number of alkyl halides is 3. The van der Waals surface area contributed by atoms with E-state index in [2.05, 4.69) is 15.3 Å². The van der Waals surface area contributed by atoms with Crippen molar-refractivity contribution in [1.29, 1.82) is 0 Å². The van der Waals surface area contributed by atoms with Crippen molar-refractivity contribution in [2.24, 2.45) is 5.41 Å². The lowest BCUT2D eigenvalue weighted by atomic mass is 9.76. The molecular formula is C29H30Cl2F3N5O3. The van der Waals surface area contributed by atoms with Crippen molar-refractivity contribution < 1.29 is 27.8 Å². The first-order valence-corrected chi connectivity index (χ1v) is 14.2. The Hall–Kier alpha value is -3.28. The molecular weight excluding hydrogens is 594 g/mol. The van der Waals surface area contributed by atoms with Crippen LogP contribution in [0.4, 0.5) is 24.9 Å². The normalized spacial score (nSPS) is 19.2. The van der Waals surface area contributed by atoms with Crippen molar-refractivity contribution in [3.8, 4) is 17.0 Å². The smallest absolute Gasteiger partial charge is 0.429 e. The summed E-state index contributed by atoms with van der Waals surface area (Å²) in [4.78, 5) is 21.5. The molecule has 224 valence electrons. The van der Waals surface area contributed by atoms with Gasteiger partial charge in [0.05, 0.1) is 0 Å². The molecule has 4 N–H and O–H groups in total. The zero-order valence-electron chi connectivity index (χ0n) is 22.9. The minimum atomic E-state index is -4.81. The van der Waals surface area contributed by atoms with E-state index in [-0.39, 0.29) is 33.4 Å². The Bertz CT molecular complexity index is 1490. The molecule has 0 amide bonds. The van der Waals surface area contributed by atoms with Gasteiger partial charge in [-0.15, -0.1) is 0 Å². The summed E-state index contributed by atoms with van der Waals surface area (Å²) in [5, 5.41) is 13.2. The number of halogens is 5. The molecule has 5 rings (SSSR count). The summed E-state index contributed by atoms with van der Waals surface area (Å²) in [7, 11) is 0. The van der Waals surface area contributed by atoms with Crippen molar-refractivity contribution in [3.63, 3.8) is 0 Å². The minimum Gasteiger partial charge on any atom is -0.480 e. The van der Waals surface area contributed by atoms with Crippen molar-refractivity contribution in [2.75, 3.05) is 30.3 Å². The van der Waals surface area contributed by atoms with Gasteiger partial charge in [-0.2, -0.15) is 23.1 Å². The number of hydrogen-bond acceptors (Lipinski definition) is 7. The van der Waals surface area contributed by atoms with Crippen molar-refractivity contribution >= 4 is 40.9 Å². The molecule has 2 fully saturated rings. The maximum absolute atomic E-state index is 14.6. The molecule has 2 saturated heterocycles. The Morgan fingerprint density at radius 3 is 2.40 bits per heavy atom. The predicted octanol–water partition coefficient (Wildman–Crippen LogP) is 6.36.